The number of fused-ring (bicyclic) bond motifs is 1. The predicted molar refractivity (Wildman–Crippen MR) is 153 cm³/mol. The van der Waals surface area contributed by atoms with Crippen LogP contribution in [0.25, 0.3) is 10.2 Å². The minimum absolute atomic E-state index is 0.285. The number of rotatable bonds is 9. The van der Waals surface area contributed by atoms with Gasteiger partial charge in [-0.3, -0.25) is 9.78 Å². The molecule has 9 heteroatoms. The summed E-state index contributed by atoms with van der Waals surface area (Å²) in [5, 5.41) is 7.97. The minimum atomic E-state index is -0.285. The average molecular weight is 529 g/mol. The highest BCUT2D eigenvalue weighted by atomic mass is 32.1. The number of hydrogen-bond donors (Lipinski definition) is 2. The van der Waals surface area contributed by atoms with Gasteiger partial charge in [-0.05, 0) is 93.9 Å². The summed E-state index contributed by atoms with van der Waals surface area (Å²) in [5.41, 5.74) is 3.33. The van der Waals surface area contributed by atoms with Crippen LogP contribution in [0.2, 0.25) is 0 Å². The lowest BCUT2D eigenvalue weighted by atomic mass is 9.91. The van der Waals surface area contributed by atoms with Crippen LogP contribution in [-0.2, 0) is 11.2 Å². The normalized spacial score (nSPS) is 14.5. The van der Waals surface area contributed by atoms with Gasteiger partial charge in [-0.2, -0.15) is 4.98 Å². The number of carbonyl (C=O) groups excluding carboxylic acids is 1. The van der Waals surface area contributed by atoms with Gasteiger partial charge in [0.15, 0.2) is 0 Å². The highest BCUT2D eigenvalue weighted by molar-refractivity contribution is 7.17. The van der Waals surface area contributed by atoms with Crippen LogP contribution in [0.1, 0.15) is 32.4 Å². The highest BCUT2D eigenvalue weighted by Crippen LogP contribution is 2.33. The van der Waals surface area contributed by atoms with Crippen molar-refractivity contribution in [2.24, 2.45) is 5.92 Å². The Morgan fingerprint density at radius 3 is 2.76 bits per heavy atom. The summed E-state index contributed by atoms with van der Waals surface area (Å²) in [6.07, 6.45) is 6.52. The molecular weight excluding hydrogens is 496 g/mol. The van der Waals surface area contributed by atoms with E-state index in [0.29, 0.717) is 35.2 Å². The molecule has 196 valence electrons. The summed E-state index contributed by atoms with van der Waals surface area (Å²) in [5.74, 6) is 1.82. The summed E-state index contributed by atoms with van der Waals surface area (Å²) < 4.78 is 6.97. The second-order valence-electron chi connectivity index (χ2n) is 9.75. The van der Waals surface area contributed by atoms with Gasteiger partial charge in [0, 0.05) is 23.5 Å². The van der Waals surface area contributed by atoms with Crippen molar-refractivity contribution in [1.29, 1.82) is 0 Å². The molecule has 0 radical (unpaired) electrons. The van der Waals surface area contributed by atoms with Gasteiger partial charge in [-0.1, -0.05) is 12.6 Å². The van der Waals surface area contributed by atoms with Crippen molar-refractivity contribution in [3.63, 3.8) is 0 Å². The van der Waals surface area contributed by atoms with Gasteiger partial charge in [0.25, 0.3) is 0 Å². The van der Waals surface area contributed by atoms with Crippen LogP contribution < -0.4 is 15.4 Å². The maximum atomic E-state index is 11.7. The maximum absolute atomic E-state index is 11.7. The van der Waals surface area contributed by atoms with Crippen LogP contribution in [0.15, 0.2) is 66.7 Å². The summed E-state index contributed by atoms with van der Waals surface area (Å²) in [6, 6.07) is 13.8. The van der Waals surface area contributed by atoms with Crippen LogP contribution in [-0.4, -0.2) is 44.9 Å². The smallest absolute Gasteiger partial charge is 0.247 e. The number of carbonyl (C=O) groups is 1. The lowest BCUT2D eigenvalue weighted by Crippen LogP contribution is -2.38. The number of thiophene rings is 1. The SMILES string of the molecule is C=CC(=O)Nc1cccc(Oc2nc(Nc3ccc(CC4CCN(C(C)C)CC4)nc3)nc3ccsc23)c1. The molecule has 8 nitrogen and oxygen atoms in total. The minimum Gasteiger partial charge on any atom is -0.437 e. The second-order valence-corrected chi connectivity index (χ2v) is 10.7. The Bertz CT molecular complexity index is 1410. The standard InChI is InChI=1S/C29H32N6O2S/c1-4-26(36)31-22-6-5-7-24(17-22)37-28-27-25(12-15-38-27)33-29(34-28)32-23-9-8-21(30-18-23)16-20-10-13-35(14-11-20)19(2)3/h4-9,12,15,17-20H,1,10-11,13-14,16H2,2-3H3,(H,31,36)(H,32,33,34). The number of anilines is 3. The average Bonchev–Trinajstić information content (AvgIpc) is 3.39. The number of benzene rings is 1. The third-order valence-electron chi connectivity index (χ3n) is 6.73. The van der Waals surface area contributed by atoms with Gasteiger partial charge in [-0.25, -0.2) is 4.98 Å². The van der Waals surface area contributed by atoms with Crippen molar-refractivity contribution in [3.8, 4) is 11.6 Å². The number of likely N-dealkylation sites (tertiary alicyclic amines) is 1. The van der Waals surface area contributed by atoms with Crippen molar-refractivity contribution in [1.82, 2.24) is 19.9 Å². The van der Waals surface area contributed by atoms with E-state index in [-0.39, 0.29) is 5.91 Å². The lowest BCUT2D eigenvalue weighted by Gasteiger charge is -2.34. The van der Waals surface area contributed by atoms with Crippen LogP contribution in [0.4, 0.5) is 17.3 Å². The van der Waals surface area contributed by atoms with E-state index >= 15 is 0 Å². The largest absolute Gasteiger partial charge is 0.437 e. The Balaban J connectivity index is 1.27. The first-order valence-electron chi connectivity index (χ1n) is 12.9. The third-order valence-corrected chi connectivity index (χ3v) is 7.62. The van der Waals surface area contributed by atoms with Crippen molar-refractivity contribution in [2.75, 3.05) is 23.7 Å². The number of piperidine rings is 1. The first-order valence-corrected chi connectivity index (χ1v) is 13.8. The molecule has 1 amide bonds. The van der Waals surface area contributed by atoms with Crippen LogP contribution in [0.3, 0.4) is 0 Å². The molecule has 0 spiro atoms. The molecule has 1 saturated heterocycles. The lowest BCUT2D eigenvalue weighted by molar-refractivity contribution is -0.111. The zero-order valence-electron chi connectivity index (χ0n) is 21.7. The van der Waals surface area contributed by atoms with Crippen molar-refractivity contribution < 1.29 is 9.53 Å². The number of pyridine rings is 1. The molecule has 1 aliphatic heterocycles. The van der Waals surface area contributed by atoms with Gasteiger partial charge in [0.05, 0.1) is 17.4 Å². The van der Waals surface area contributed by atoms with E-state index < -0.39 is 0 Å². The van der Waals surface area contributed by atoms with Crippen LogP contribution in [0.5, 0.6) is 11.6 Å². The molecule has 4 aromatic rings. The Hall–Kier alpha value is -3.82. The molecule has 0 aliphatic carbocycles. The number of nitrogens with zero attached hydrogens (tertiary/aromatic N) is 4. The van der Waals surface area contributed by atoms with Crippen LogP contribution >= 0.6 is 11.3 Å². The second kappa shape index (κ2) is 11.7. The molecule has 4 heterocycles. The molecule has 2 N–H and O–H groups in total. The number of ether oxygens (including phenoxy) is 1. The number of aromatic nitrogens is 3. The quantitative estimate of drug-likeness (QED) is 0.243. The van der Waals surface area contributed by atoms with Gasteiger partial charge < -0.3 is 20.3 Å². The zero-order chi connectivity index (χ0) is 26.5. The molecule has 0 saturated carbocycles. The predicted octanol–water partition coefficient (Wildman–Crippen LogP) is 6.41. The first kappa shape index (κ1) is 25.8. The van der Waals surface area contributed by atoms with Crippen LogP contribution in [0, 0.1) is 5.92 Å². The van der Waals surface area contributed by atoms with Crippen molar-refractivity contribution in [3.05, 3.63) is 72.4 Å². The zero-order valence-corrected chi connectivity index (χ0v) is 22.5. The molecular formula is C29H32N6O2S. The Morgan fingerprint density at radius 1 is 1.18 bits per heavy atom. The van der Waals surface area contributed by atoms with Crippen molar-refractivity contribution >= 4 is 44.8 Å². The summed E-state index contributed by atoms with van der Waals surface area (Å²) in [4.78, 5) is 28.2. The summed E-state index contributed by atoms with van der Waals surface area (Å²) >= 11 is 1.51. The van der Waals surface area contributed by atoms with E-state index in [0.717, 1.165) is 28.0 Å². The number of nitrogens with one attached hydrogen (secondary N) is 2. The molecule has 3 aromatic heterocycles. The third kappa shape index (κ3) is 6.35. The van der Waals surface area contributed by atoms with E-state index in [1.807, 2.05) is 29.8 Å². The summed E-state index contributed by atoms with van der Waals surface area (Å²) in [6.45, 7) is 10.4. The van der Waals surface area contributed by atoms with Gasteiger partial charge >= 0.3 is 0 Å². The van der Waals surface area contributed by atoms with E-state index in [2.05, 4.69) is 52.0 Å². The number of hydrogen-bond acceptors (Lipinski definition) is 8. The molecule has 1 aliphatic rings. The van der Waals surface area contributed by atoms with E-state index in [4.69, 9.17) is 9.72 Å². The van der Waals surface area contributed by atoms with E-state index in [1.165, 1.54) is 43.3 Å². The van der Waals surface area contributed by atoms with Gasteiger partial charge in [0.1, 0.15) is 10.4 Å². The maximum Gasteiger partial charge on any atom is 0.247 e. The first-order chi connectivity index (χ1) is 18.5. The Labute approximate surface area is 226 Å². The summed E-state index contributed by atoms with van der Waals surface area (Å²) in [7, 11) is 0. The van der Waals surface area contributed by atoms with Crippen molar-refractivity contribution in [2.45, 2.75) is 39.2 Å². The van der Waals surface area contributed by atoms with E-state index in [1.54, 1.807) is 18.2 Å². The Kier molecular flexibility index (Phi) is 7.95. The van der Waals surface area contributed by atoms with Gasteiger partial charge in [0.2, 0.25) is 17.7 Å². The topological polar surface area (TPSA) is 92.3 Å². The molecule has 0 bridgehead atoms. The molecule has 38 heavy (non-hydrogen) atoms. The number of amides is 1. The molecule has 1 fully saturated rings. The molecule has 0 atom stereocenters. The fourth-order valence-corrected chi connectivity index (χ4v) is 5.38. The molecule has 5 rings (SSSR count). The fourth-order valence-electron chi connectivity index (χ4n) is 4.62. The molecule has 0 unspecified atom stereocenters. The monoisotopic (exact) mass is 528 g/mol. The fraction of sp³-hybridized carbons (Fsp3) is 0.310. The molecule has 1 aromatic carbocycles. The Morgan fingerprint density at radius 2 is 2.03 bits per heavy atom. The van der Waals surface area contributed by atoms with E-state index in [9.17, 15) is 4.79 Å². The van der Waals surface area contributed by atoms with Gasteiger partial charge in [-0.15, -0.1) is 11.3 Å². The highest BCUT2D eigenvalue weighted by Gasteiger charge is 2.21.